The van der Waals surface area contributed by atoms with Crippen molar-refractivity contribution in [1.29, 1.82) is 0 Å². The highest BCUT2D eigenvalue weighted by atomic mass is 32.2. The van der Waals surface area contributed by atoms with Crippen LogP contribution in [0.15, 0.2) is 83.8 Å². The van der Waals surface area contributed by atoms with E-state index >= 15 is 0 Å². The van der Waals surface area contributed by atoms with Gasteiger partial charge in [0.1, 0.15) is 18.5 Å². The van der Waals surface area contributed by atoms with Gasteiger partial charge in [0.15, 0.2) is 0 Å². The number of ether oxygens (including phenoxy) is 2. The van der Waals surface area contributed by atoms with E-state index in [1.807, 2.05) is 57.2 Å². The van der Waals surface area contributed by atoms with Gasteiger partial charge >= 0.3 is 0 Å². The standard InChI is InChI=1S/C25H27NO4S/c1-25(2,3)23-14-7-8-15-24(23)31(27,28)26(19-10-5-4-6-11-19)20-12-9-13-21(16-20)29-17-22-18-30-22/h4-16,22H,17-18H2,1-3H3. The van der Waals surface area contributed by atoms with Gasteiger partial charge in [0.2, 0.25) is 0 Å². The van der Waals surface area contributed by atoms with Crippen LogP contribution in [-0.2, 0) is 20.2 Å². The van der Waals surface area contributed by atoms with Gasteiger partial charge < -0.3 is 9.47 Å². The molecule has 1 heterocycles. The number of hydrogen-bond donors (Lipinski definition) is 0. The lowest BCUT2D eigenvalue weighted by atomic mass is 9.87. The highest BCUT2D eigenvalue weighted by Gasteiger charge is 2.32. The molecule has 3 aromatic carbocycles. The predicted octanol–water partition coefficient (Wildman–Crippen LogP) is 5.29. The molecular formula is C25H27NO4S. The maximum atomic E-state index is 14.1. The molecule has 1 aliphatic heterocycles. The Labute approximate surface area is 184 Å². The first-order valence-electron chi connectivity index (χ1n) is 10.3. The number of para-hydroxylation sites is 1. The monoisotopic (exact) mass is 437 g/mol. The molecular weight excluding hydrogens is 410 g/mol. The van der Waals surface area contributed by atoms with E-state index in [0.717, 1.165) is 5.56 Å². The van der Waals surface area contributed by atoms with Crippen LogP contribution in [0.3, 0.4) is 0 Å². The maximum Gasteiger partial charge on any atom is 0.268 e. The normalized spacial score (nSPS) is 16.0. The van der Waals surface area contributed by atoms with Crippen LogP contribution in [0.1, 0.15) is 26.3 Å². The lowest BCUT2D eigenvalue weighted by Gasteiger charge is -2.29. The summed E-state index contributed by atoms with van der Waals surface area (Å²) in [7, 11) is -3.90. The Morgan fingerprint density at radius 1 is 0.935 bits per heavy atom. The van der Waals surface area contributed by atoms with E-state index in [1.54, 1.807) is 42.5 Å². The van der Waals surface area contributed by atoms with E-state index in [-0.39, 0.29) is 11.5 Å². The Kier molecular flexibility index (Phi) is 5.77. The molecule has 0 aliphatic carbocycles. The summed E-state index contributed by atoms with van der Waals surface area (Å²) in [5, 5.41) is 0. The van der Waals surface area contributed by atoms with Crippen molar-refractivity contribution in [3.05, 3.63) is 84.4 Å². The third kappa shape index (κ3) is 4.75. The van der Waals surface area contributed by atoms with Gasteiger partial charge in [-0.3, -0.25) is 0 Å². The van der Waals surface area contributed by atoms with Crippen molar-refractivity contribution in [2.24, 2.45) is 0 Å². The SMILES string of the molecule is CC(C)(C)c1ccccc1S(=O)(=O)N(c1ccccc1)c1cccc(OCC2CO2)c1. The fourth-order valence-electron chi connectivity index (χ4n) is 3.45. The molecule has 0 spiro atoms. The average molecular weight is 438 g/mol. The summed E-state index contributed by atoms with van der Waals surface area (Å²) in [5.41, 5.74) is 1.52. The predicted molar refractivity (Wildman–Crippen MR) is 123 cm³/mol. The third-order valence-electron chi connectivity index (χ3n) is 5.09. The zero-order chi connectivity index (χ0) is 22.1. The van der Waals surface area contributed by atoms with Crippen molar-refractivity contribution in [2.45, 2.75) is 37.2 Å². The molecule has 1 unspecified atom stereocenters. The summed E-state index contributed by atoms with van der Waals surface area (Å²) in [5.74, 6) is 0.605. The molecule has 0 radical (unpaired) electrons. The van der Waals surface area contributed by atoms with E-state index in [4.69, 9.17) is 9.47 Å². The molecule has 0 N–H and O–H groups in total. The van der Waals surface area contributed by atoms with E-state index in [0.29, 0.717) is 35.2 Å². The molecule has 31 heavy (non-hydrogen) atoms. The zero-order valence-corrected chi connectivity index (χ0v) is 18.8. The highest BCUT2D eigenvalue weighted by molar-refractivity contribution is 7.93. The Balaban J connectivity index is 1.83. The molecule has 162 valence electrons. The summed E-state index contributed by atoms with van der Waals surface area (Å²) in [4.78, 5) is 0.295. The van der Waals surface area contributed by atoms with Crippen LogP contribution < -0.4 is 9.04 Å². The fourth-order valence-corrected chi connectivity index (χ4v) is 5.34. The number of benzene rings is 3. The third-order valence-corrected chi connectivity index (χ3v) is 6.91. The smallest absolute Gasteiger partial charge is 0.268 e. The minimum Gasteiger partial charge on any atom is -0.491 e. The first-order chi connectivity index (χ1) is 14.8. The summed E-state index contributed by atoms with van der Waals surface area (Å²) in [6.45, 7) is 7.20. The van der Waals surface area contributed by atoms with Crippen LogP contribution in [0.2, 0.25) is 0 Å². The van der Waals surface area contributed by atoms with Crippen molar-refractivity contribution in [1.82, 2.24) is 0 Å². The van der Waals surface area contributed by atoms with Gasteiger partial charge in [-0.15, -0.1) is 0 Å². The van der Waals surface area contributed by atoms with Crippen molar-refractivity contribution in [3.8, 4) is 5.75 Å². The second kappa shape index (κ2) is 8.36. The first-order valence-corrected chi connectivity index (χ1v) is 11.8. The van der Waals surface area contributed by atoms with E-state index in [9.17, 15) is 8.42 Å². The largest absolute Gasteiger partial charge is 0.491 e. The molecule has 6 heteroatoms. The average Bonchev–Trinajstić information content (AvgIpc) is 3.57. The van der Waals surface area contributed by atoms with E-state index in [1.165, 1.54) is 4.31 Å². The van der Waals surface area contributed by atoms with Gasteiger partial charge in [0, 0.05) is 6.07 Å². The van der Waals surface area contributed by atoms with Gasteiger partial charge in [-0.25, -0.2) is 12.7 Å². The van der Waals surface area contributed by atoms with E-state index in [2.05, 4.69) is 0 Å². The number of rotatable bonds is 7. The topological polar surface area (TPSA) is 59.1 Å². The molecule has 0 saturated carbocycles. The first kappa shape index (κ1) is 21.4. The molecule has 0 aromatic heterocycles. The molecule has 3 aromatic rings. The van der Waals surface area contributed by atoms with Gasteiger partial charge in [-0.05, 0) is 41.3 Å². The number of sulfonamides is 1. The highest BCUT2D eigenvalue weighted by Crippen LogP contribution is 2.37. The summed E-state index contributed by atoms with van der Waals surface area (Å²) < 4.78 is 40.5. The Morgan fingerprint density at radius 2 is 1.58 bits per heavy atom. The van der Waals surface area contributed by atoms with Gasteiger partial charge in [-0.2, -0.15) is 0 Å². The van der Waals surface area contributed by atoms with Gasteiger partial charge in [-0.1, -0.05) is 63.2 Å². The van der Waals surface area contributed by atoms with Crippen LogP contribution in [0, 0.1) is 0 Å². The van der Waals surface area contributed by atoms with E-state index < -0.39 is 10.0 Å². The maximum absolute atomic E-state index is 14.1. The van der Waals surface area contributed by atoms with Crippen molar-refractivity contribution >= 4 is 21.4 Å². The number of hydrogen-bond acceptors (Lipinski definition) is 4. The molecule has 0 bridgehead atoms. The van der Waals surface area contributed by atoms with Crippen molar-refractivity contribution in [3.63, 3.8) is 0 Å². The van der Waals surface area contributed by atoms with Gasteiger partial charge in [0.05, 0.1) is 22.9 Å². The Bertz CT molecular complexity index is 1150. The van der Waals surface area contributed by atoms with Gasteiger partial charge in [0.25, 0.3) is 10.0 Å². The van der Waals surface area contributed by atoms with Crippen molar-refractivity contribution in [2.75, 3.05) is 17.5 Å². The number of nitrogens with zero attached hydrogens (tertiary/aromatic N) is 1. The number of epoxide rings is 1. The quantitative estimate of drug-likeness (QED) is 0.471. The molecule has 1 aliphatic rings. The van der Waals surface area contributed by atoms with Crippen LogP contribution in [0.25, 0.3) is 0 Å². The summed E-state index contributed by atoms with van der Waals surface area (Å²) in [6.07, 6.45) is 0.122. The Morgan fingerprint density at radius 3 is 2.26 bits per heavy atom. The zero-order valence-electron chi connectivity index (χ0n) is 18.0. The van der Waals surface area contributed by atoms with Crippen LogP contribution in [0.5, 0.6) is 5.75 Å². The molecule has 1 saturated heterocycles. The lowest BCUT2D eigenvalue weighted by Crippen LogP contribution is -2.29. The summed E-state index contributed by atoms with van der Waals surface area (Å²) in [6, 6.07) is 23.5. The minimum absolute atomic E-state index is 0.122. The fraction of sp³-hybridized carbons (Fsp3) is 0.280. The Hall–Kier alpha value is -2.83. The molecule has 0 amide bonds. The minimum atomic E-state index is -3.90. The molecule has 1 fully saturated rings. The molecule has 4 rings (SSSR count). The van der Waals surface area contributed by atoms with Crippen LogP contribution in [-0.4, -0.2) is 27.7 Å². The molecule has 1 atom stereocenters. The second-order valence-electron chi connectivity index (χ2n) is 8.61. The molecule has 5 nitrogen and oxygen atoms in total. The van der Waals surface area contributed by atoms with Crippen LogP contribution in [0.4, 0.5) is 11.4 Å². The van der Waals surface area contributed by atoms with Crippen LogP contribution >= 0.6 is 0 Å². The summed E-state index contributed by atoms with van der Waals surface area (Å²) >= 11 is 0. The lowest BCUT2D eigenvalue weighted by molar-refractivity contribution is 0.263. The van der Waals surface area contributed by atoms with Crippen molar-refractivity contribution < 1.29 is 17.9 Å². The second-order valence-corrected chi connectivity index (χ2v) is 10.4. The number of anilines is 2.